The van der Waals surface area contributed by atoms with Crippen LogP contribution in [0.1, 0.15) is 31.9 Å². The lowest BCUT2D eigenvalue weighted by atomic mass is 10.0. The minimum atomic E-state index is 0.647. The normalized spacial score (nSPS) is 28.2. The van der Waals surface area contributed by atoms with E-state index in [-0.39, 0.29) is 0 Å². The van der Waals surface area contributed by atoms with Crippen LogP contribution in [-0.4, -0.2) is 39.5 Å². The van der Waals surface area contributed by atoms with Gasteiger partial charge in [0.1, 0.15) is 0 Å². The molecule has 0 bridgehead atoms. The molecular formula is C15H22N4S. The molecule has 2 aromatic heterocycles. The average molecular weight is 290 g/mol. The first kappa shape index (κ1) is 12.8. The molecule has 2 unspecified atom stereocenters. The molecule has 1 saturated carbocycles. The second-order valence-corrected chi connectivity index (χ2v) is 7.05. The van der Waals surface area contributed by atoms with Crippen molar-refractivity contribution in [2.45, 2.75) is 44.8 Å². The fraction of sp³-hybridized carbons (Fsp3) is 0.667. The molecule has 0 amide bonds. The summed E-state index contributed by atoms with van der Waals surface area (Å²) in [5.74, 6) is 0.920. The molecule has 108 valence electrons. The molecule has 1 N–H and O–H groups in total. The molecule has 0 aromatic carbocycles. The van der Waals surface area contributed by atoms with Crippen molar-refractivity contribution in [2.75, 3.05) is 13.1 Å². The Hall–Kier alpha value is -0.910. The lowest BCUT2D eigenvalue weighted by molar-refractivity contribution is 0.105. The third-order valence-corrected chi connectivity index (χ3v) is 5.48. The van der Waals surface area contributed by atoms with E-state index in [1.807, 2.05) is 0 Å². The quantitative estimate of drug-likeness (QED) is 0.938. The molecule has 4 nitrogen and oxygen atoms in total. The maximum atomic E-state index is 4.75. The van der Waals surface area contributed by atoms with Crippen LogP contribution in [0.2, 0.25) is 0 Å². The Morgan fingerprint density at radius 3 is 3.10 bits per heavy atom. The number of thiazole rings is 1. The van der Waals surface area contributed by atoms with E-state index in [0.717, 1.165) is 30.0 Å². The van der Waals surface area contributed by atoms with Crippen LogP contribution in [0.5, 0.6) is 0 Å². The predicted molar refractivity (Wildman–Crippen MR) is 82.1 cm³/mol. The number of hydrogen-bond acceptors (Lipinski definition) is 4. The Kier molecular flexibility index (Phi) is 3.28. The molecule has 4 rings (SSSR count). The Morgan fingerprint density at radius 1 is 1.45 bits per heavy atom. The SMILES string of the molecule is CCC1CN(Cc2cn3ccsc3n2)C(C2CC2)CN1. The van der Waals surface area contributed by atoms with Crippen molar-refractivity contribution in [3.05, 3.63) is 23.5 Å². The number of fused-ring (bicyclic) bond motifs is 1. The molecule has 20 heavy (non-hydrogen) atoms. The van der Waals surface area contributed by atoms with E-state index < -0.39 is 0 Å². The maximum Gasteiger partial charge on any atom is 0.193 e. The van der Waals surface area contributed by atoms with Crippen molar-refractivity contribution in [2.24, 2.45) is 5.92 Å². The molecule has 0 radical (unpaired) electrons. The first-order valence-electron chi connectivity index (χ1n) is 7.72. The number of nitrogens with one attached hydrogen (secondary N) is 1. The fourth-order valence-corrected chi connectivity index (χ4v) is 4.08. The second-order valence-electron chi connectivity index (χ2n) is 6.17. The molecule has 0 spiro atoms. The van der Waals surface area contributed by atoms with Crippen LogP contribution in [0.15, 0.2) is 17.8 Å². The number of rotatable bonds is 4. The lowest BCUT2D eigenvalue weighted by Gasteiger charge is -2.40. The van der Waals surface area contributed by atoms with Gasteiger partial charge in [0.05, 0.1) is 5.69 Å². The zero-order chi connectivity index (χ0) is 13.5. The largest absolute Gasteiger partial charge is 0.311 e. The predicted octanol–water partition coefficient (Wildman–Crippen LogP) is 2.36. The number of hydrogen-bond donors (Lipinski definition) is 1. The van der Waals surface area contributed by atoms with E-state index in [0.29, 0.717) is 6.04 Å². The molecule has 2 fully saturated rings. The van der Waals surface area contributed by atoms with Gasteiger partial charge in [-0.25, -0.2) is 4.98 Å². The smallest absolute Gasteiger partial charge is 0.193 e. The van der Waals surface area contributed by atoms with Gasteiger partial charge in [0.2, 0.25) is 0 Å². The summed E-state index contributed by atoms with van der Waals surface area (Å²) >= 11 is 1.72. The summed E-state index contributed by atoms with van der Waals surface area (Å²) in [6.07, 6.45) is 8.34. The molecule has 1 saturated heterocycles. The van der Waals surface area contributed by atoms with Crippen LogP contribution in [0.3, 0.4) is 0 Å². The van der Waals surface area contributed by atoms with Crippen LogP contribution < -0.4 is 5.32 Å². The lowest BCUT2D eigenvalue weighted by Crippen LogP contribution is -2.56. The van der Waals surface area contributed by atoms with Gasteiger partial charge in [0.15, 0.2) is 4.96 Å². The van der Waals surface area contributed by atoms with Gasteiger partial charge in [-0.3, -0.25) is 9.30 Å². The molecule has 3 heterocycles. The molecule has 1 aliphatic carbocycles. The van der Waals surface area contributed by atoms with Crippen LogP contribution in [0.4, 0.5) is 0 Å². The summed E-state index contributed by atoms with van der Waals surface area (Å²) in [5.41, 5.74) is 1.22. The third-order valence-electron chi connectivity index (χ3n) is 4.71. The summed E-state index contributed by atoms with van der Waals surface area (Å²) in [7, 11) is 0. The molecule has 5 heteroatoms. The minimum Gasteiger partial charge on any atom is -0.311 e. The van der Waals surface area contributed by atoms with Gasteiger partial charge >= 0.3 is 0 Å². The Balaban J connectivity index is 1.52. The van der Waals surface area contributed by atoms with E-state index in [9.17, 15) is 0 Å². The summed E-state index contributed by atoms with van der Waals surface area (Å²) in [6, 6.07) is 1.37. The topological polar surface area (TPSA) is 32.6 Å². The van der Waals surface area contributed by atoms with Gasteiger partial charge in [0.25, 0.3) is 0 Å². The van der Waals surface area contributed by atoms with Crippen LogP contribution in [-0.2, 0) is 6.54 Å². The van der Waals surface area contributed by atoms with Crippen LogP contribution >= 0.6 is 11.3 Å². The van der Waals surface area contributed by atoms with Crippen molar-refractivity contribution < 1.29 is 0 Å². The molecule has 2 aliphatic rings. The molecule has 2 aromatic rings. The zero-order valence-corrected chi connectivity index (χ0v) is 12.8. The summed E-state index contributed by atoms with van der Waals surface area (Å²) in [5, 5.41) is 5.81. The van der Waals surface area contributed by atoms with Crippen molar-refractivity contribution >= 4 is 16.3 Å². The van der Waals surface area contributed by atoms with E-state index in [1.54, 1.807) is 11.3 Å². The highest BCUT2D eigenvalue weighted by atomic mass is 32.1. The van der Waals surface area contributed by atoms with Crippen molar-refractivity contribution in [3.63, 3.8) is 0 Å². The Bertz CT molecular complexity index is 557. The van der Waals surface area contributed by atoms with Gasteiger partial charge < -0.3 is 5.32 Å². The average Bonchev–Trinajstić information content (AvgIpc) is 3.09. The summed E-state index contributed by atoms with van der Waals surface area (Å²) in [6.45, 7) is 5.61. The van der Waals surface area contributed by atoms with E-state index in [1.165, 1.54) is 31.5 Å². The number of aromatic nitrogens is 2. The molecular weight excluding hydrogens is 268 g/mol. The van der Waals surface area contributed by atoms with E-state index in [4.69, 9.17) is 4.98 Å². The summed E-state index contributed by atoms with van der Waals surface area (Å²) in [4.78, 5) is 8.54. The number of imidazole rings is 1. The highest BCUT2D eigenvalue weighted by Gasteiger charge is 2.38. The Morgan fingerprint density at radius 2 is 2.35 bits per heavy atom. The Labute approximate surface area is 123 Å². The minimum absolute atomic E-state index is 0.647. The van der Waals surface area contributed by atoms with Gasteiger partial charge in [-0.05, 0) is 25.2 Å². The first-order chi connectivity index (χ1) is 9.83. The van der Waals surface area contributed by atoms with Gasteiger partial charge in [-0.2, -0.15) is 0 Å². The number of nitrogens with zero attached hydrogens (tertiary/aromatic N) is 3. The molecule has 1 aliphatic heterocycles. The van der Waals surface area contributed by atoms with Crippen molar-refractivity contribution in [3.8, 4) is 0 Å². The highest BCUT2D eigenvalue weighted by Crippen LogP contribution is 2.36. The van der Waals surface area contributed by atoms with Gasteiger partial charge in [-0.1, -0.05) is 6.92 Å². The third kappa shape index (κ3) is 2.38. The van der Waals surface area contributed by atoms with Crippen molar-refractivity contribution in [1.29, 1.82) is 0 Å². The first-order valence-corrected chi connectivity index (χ1v) is 8.60. The van der Waals surface area contributed by atoms with E-state index >= 15 is 0 Å². The monoisotopic (exact) mass is 290 g/mol. The zero-order valence-electron chi connectivity index (χ0n) is 12.0. The second kappa shape index (κ2) is 5.13. The number of piperazine rings is 1. The van der Waals surface area contributed by atoms with Crippen LogP contribution in [0, 0.1) is 5.92 Å². The van der Waals surface area contributed by atoms with E-state index in [2.05, 4.69) is 39.3 Å². The van der Waals surface area contributed by atoms with Crippen molar-refractivity contribution in [1.82, 2.24) is 19.6 Å². The van der Waals surface area contributed by atoms with Gasteiger partial charge in [0, 0.05) is 49.5 Å². The van der Waals surface area contributed by atoms with Gasteiger partial charge in [-0.15, -0.1) is 11.3 Å². The maximum absolute atomic E-state index is 4.75. The van der Waals surface area contributed by atoms with Crippen LogP contribution in [0.25, 0.3) is 4.96 Å². The standard InChI is InChI=1S/C15H22N4S/c1-2-12-8-19(14(7-16-12)11-3-4-11)10-13-9-18-5-6-20-15(18)17-13/h5-6,9,11-12,14,16H,2-4,7-8,10H2,1H3. The summed E-state index contributed by atoms with van der Waals surface area (Å²) < 4.78 is 2.14. The molecule has 2 atom stereocenters. The highest BCUT2D eigenvalue weighted by molar-refractivity contribution is 7.15. The fourth-order valence-electron chi connectivity index (χ4n) is 3.36.